The van der Waals surface area contributed by atoms with Crippen LogP contribution < -0.4 is 5.32 Å². The van der Waals surface area contributed by atoms with Crippen LogP contribution in [0.4, 0.5) is 5.13 Å². The molecule has 0 unspecified atom stereocenters. The third-order valence-electron chi connectivity index (χ3n) is 3.10. The zero-order chi connectivity index (χ0) is 16.1. The first-order chi connectivity index (χ1) is 11.2. The number of amides is 1. The van der Waals surface area contributed by atoms with Gasteiger partial charge in [-0.15, -0.1) is 11.3 Å². The van der Waals surface area contributed by atoms with Gasteiger partial charge in [-0.1, -0.05) is 58.4 Å². The Morgan fingerprint density at radius 3 is 2.57 bits per heavy atom. The number of carbonyl (C=O) groups excluding carboxylic acids is 1. The summed E-state index contributed by atoms with van der Waals surface area (Å²) in [6, 6.07) is 17.6. The van der Waals surface area contributed by atoms with Crippen LogP contribution in [0.3, 0.4) is 0 Å². The van der Waals surface area contributed by atoms with Crippen molar-refractivity contribution >= 4 is 44.4 Å². The van der Waals surface area contributed by atoms with Crippen LogP contribution in [0.2, 0.25) is 0 Å². The van der Waals surface area contributed by atoms with E-state index in [1.165, 1.54) is 17.4 Å². The van der Waals surface area contributed by atoms with E-state index >= 15 is 0 Å². The summed E-state index contributed by atoms with van der Waals surface area (Å²) in [6.07, 6.45) is 3.29. The van der Waals surface area contributed by atoms with Crippen LogP contribution in [0.1, 0.15) is 5.56 Å². The summed E-state index contributed by atoms with van der Waals surface area (Å²) in [6.45, 7) is 0. The number of halogens is 1. The van der Waals surface area contributed by atoms with E-state index in [-0.39, 0.29) is 5.91 Å². The monoisotopic (exact) mass is 384 g/mol. The number of thiazole rings is 1. The minimum absolute atomic E-state index is 0.189. The molecule has 0 radical (unpaired) electrons. The molecule has 0 aliphatic heterocycles. The number of carbonyl (C=O) groups is 1. The minimum atomic E-state index is -0.189. The van der Waals surface area contributed by atoms with Gasteiger partial charge in [0.1, 0.15) is 0 Å². The molecule has 0 spiro atoms. The first kappa shape index (κ1) is 15.6. The number of hydrogen-bond donors (Lipinski definition) is 1. The van der Waals surface area contributed by atoms with Crippen LogP contribution in [-0.2, 0) is 4.79 Å². The third-order valence-corrected chi connectivity index (χ3v) is 4.39. The highest BCUT2D eigenvalue weighted by Gasteiger charge is 2.06. The number of nitrogens with zero attached hydrogens (tertiary/aromatic N) is 1. The molecule has 1 aromatic heterocycles. The molecule has 0 bridgehead atoms. The lowest BCUT2D eigenvalue weighted by Crippen LogP contribution is -2.07. The van der Waals surface area contributed by atoms with Crippen LogP contribution in [0, 0.1) is 0 Å². The molecule has 3 nitrogen and oxygen atoms in total. The van der Waals surface area contributed by atoms with E-state index in [1.54, 1.807) is 6.08 Å². The van der Waals surface area contributed by atoms with Gasteiger partial charge < -0.3 is 0 Å². The summed E-state index contributed by atoms with van der Waals surface area (Å²) < 4.78 is 1.02. The molecule has 3 aromatic rings. The Morgan fingerprint density at radius 1 is 1.09 bits per heavy atom. The first-order valence-corrected chi connectivity index (χ1v) is 8.63. The molecule has 114 valence electrons. The van der Waals surface area contributed by atoms with Gasteiger partial charge in [-0.05, 0) is 23.8 Å². The maximum absolute atomic E-state index is 11.9. The predicted octanol–water partition coefficient (Wildman–Crippen LogP) is 5.22. The highest BCUT2D eigenvalue weighted by Crippen LogP contribution is 2.26. The van der Waals surface area contributed by atoms with Crippen molar-refractivity contribution in [3.8, 4) is 11.3 Å². The molecule has 23 heavy (non-hydrogen) atoms. The molecule has 2 aromatic carbocycles. The van der Waals surface area contributed by atoms with Gasteiger partial charge in [-0.3, -0.25) is 10.1 Å². The number of rotatable bonds is 4. The Hall–Kier alpha value is -2.24. The second kappa shape index (κ2) is 7.35. The maximum atomic E-state index is 11.9. The molecule has 0 fully saturated rings. The number of nitrogens with one attached hydrogen (secondary N) is 1. The van der Waals surface area contributed by atoms with Crippen molar-refractivity contribution in [3.63, 3.8) is 0 Å². The summed E-state index contributed by atoms with van der Waals surface area (Å²) in [7, 11) is 0. The number of hydrogen-bond acceptors (Lipinski definition) is 3. The first-order valence-electron chi connectivity index (χ1n) is 6.96. The molecule has 1 N–H and O–H groups in total. The lowest BCUT2D eigenvalue weighted by atomic mass is 10.2. The van der Waals surface area contributed by atoms with E-state index < -0.39 is 0 Å². The van der Waals surface area contributed by atoms with E-state index in [4.69, 9.17) is 0 Å². The second-order valence-corrected chi connectivity index (χ2v) is 6.55. The number of aromatic nitrogens is 1. The van der Waals surface area contributed by atoms with Crippen LogP contribution >= 0.6 is 27.3 Å². The average molecular weight is 385 g/mol. The van der Waals surface area contributed by atoms with Crippen molar-refractivity contribution in [1.29, 1.82) is 0 Å². The second-order valence-electron chi connectivity index (χ2n) is 4.78. The van der Waals surface area contributed by atoms with Crippen molar-refractivity contribution in [1.82, 2.24) is 4.98 Å². The van der Waals surface area contributed by atoms with Gasteiger partial charge in [0.05, 0.1) is 5.69 Å². The minimum Gasteiger partial charge on any atom is -0.298 e. The smallest absolute Gasteiger partial charge is 0.250 e. The zero-order valence-electron chi connectivity index (χ0n) is 12.1. The summed E-state index contributed by atoms with van der Waals surface area (Å²) in [5.41, 5.74) is 2.85. The van der Waals surface area contributed by atoms with Gasteiger partial charge in [0.2, 0.25) is 5.91 Å². The van der Waals surface area contributed by atoms with Gasteiger partial charge in [-0.25, -0.2) is 4.98 Å². The number of benzene rings is 2. The van der Waals surface area contributed by atoms with Gasteiger partial charge >= 0.3 is 0 Å². The molecule has 3 rings (SSSR count). The van der Waals surface area contributed by atoms with Crippen LogP contribution in [0.15, 0.2) is 70.5 Å². The maximum Gasteiger partial charge on any atom is 0.250 e. The molecule has 5 heteroatoms. The van der Waals surface area contributed by atoms with E-state index in [1.807, 2.05) is 60.0 Å². The van der Waals surface area contributed by atoms with Crippen molar-refractivity contribution < 1.29 is 4.79 Å². The predicted molar refractivity (Wildman–Crippen MR) is 99.4 cm³/mol. The van der Waals surface area contributed by atoms with Gasteiger partial charge in [0.15, 0.2) is 5.13 Å². The molecule has 0 aliphatic rings. The largest absolute Gasteiger partial charge is 0.298 e. The third kappa shape index (κ3) is 4.37. The van der Waals surface area contributed by atoms with Crippen LogP contribution in [-0.4, -0.2) is 10.9 Å². The highest BCUT2D eigenvalue weighted by atomic mass is 79.9. The van der Waals surface area contributed by atoms with Crippen molar-refractivity contribution in [2.45, 2.75) is 0 Å². The molecular weight excluding hydrogens is 372 g/mol. The van der Waals surface area contributed by atoms with E-state index in [0.717, 1.165) is 21.3 Å². The van der Waals surface area contributed by atoms with Crippen LogP contribution in [0.5, 0.6) is 0 Å². The molecule has 0 saturated carbocycles. The van der Waals surface area contributed by atoms with Gasteiger partial charge in [-0.2, -0.15) is 0 Å². The SMILES string of the molecule is O=C(/C=C/c1ccccc1)Nc1nc(-c2ccc(Br)cc2)cs1. The van der Waals surface area contributed by atoms with Gasteiger partial charge in [0.25, 0.3) is 0 Å². The Bertz CT molecular complexity index is 826. The molecule has 0 aliphatic carbocycles. The summed E-state index contributed by atoms with van der Waals surface area (Å²) in [4.78, 5) is 16.4. The van der Waals surface area contributed by atoms with E-state index in [9.17, 15) is 4.79 Å². The Morgan fingerprint density at radius 2 is 1.83 bits per heavy atom. The summed E-state index contributed by atoms with van der Waals surface area (Å²) in [5.74, 6) is -0.189. The highest BCUT2D eigenvalue weighted by molar-refractivity contribution is 9.10. The Kier molecular flexibility index (Phi) is 5.00. The fourth-order valence-electron chi connectivity index (χ4n) is 1.97. The Balaban J connectivity index is 1.66. The summed E-state index contributed by atoms with van der Waals surface area (Å²) >= 11 is 4.82. The molecule has 0 atom stereocenters. The normalized spacial score (nSPS) is 10.8. The van der Waals surface area contributed by atoms with E-state index in [0.29, 0.717) is 5.13 Å². The zero-order valence-corrected chi connectivity index (χ0v) is 14.5. The fraction of sp³-hybridized carbons (Fsp3) is 0. The topological polar surface area (TPSA) is 42.0 Å². The van der Waals surface area contributed by atoms with Crippen molar-refractivity contribution in [2.75, 3.05) is 5.32 Å². The molecule has 1 amide bonds. The Labute approximate surface area is 146 Å². The molecule has 1 heterocycles. The molecular formula is C18H13BrN2OS. The fourth-order valence-corrected chi connectivity index (χ4v) is 2.95. The number of anilines is 1. The lowest BCUT2D eigenvalue weighted by Gasteiger charge is -1.98. The lowest BCUT2D eigenvalue weighted by molar-refractivity contribution is -0.111. The molecule has 0 saturated heterocycles. The summed E-state index contributed by atoms with van der Waals surface area (Å²) in [5, 5.41) is 5.30. The van der Waals surface area contributed by atoms with Crippen LogP contribution in [0.25, 0.3) is 17.3 Å². The standard InChI is InChI=1S/C18H13BrN2OS/c19-15-9-7-14(8-10-15)16-12-23-18(20-16)21-17(22)11-6-13-4-2-1-3-5-13/h1-12H,(H,20,21,22)/b11-6+. The van der Waals surface area contributed by atoms with Crippen molar-refractivity contribution in [3.05, 3.63) is 76.1 Å². The van der Waals surface area contributed by atoms with E-state index in [2.05, 4.69) is 26.2 Å². The van der Waals surface area contributed by atoms with Crippen molar-refractivity contribution in [2.24, 2.45) is 0 Å². The van der Waals surface area contributed by atoms with Gasteiger partial charge in [0, 0.05) is 21.5 Å². The quantitative estimate of drug-likeness (QED) is 0.626. The average Bonchev–Trinajstić information content (AvgIpc) is 3.03.